The van der Waals surface area contributed by atoms with Crippen LogP contribution >= 0.6 is 0 Å². The SMILES string of the molecule is CNS(=O)(=O)c1cccc(CNC(=O)NCCC(=O)NC2CCCCC2)c1. The number of amides is 3. The molecule has 0 bridgehead atoms. The third-order valence-electron chi connectivity index (χ3n) is 4.54. The minimum absolute atomic E-state index is 0.0489. The van der Waals surface area contributed by atoms with Crippen LogP contribution in [0.1, 0.15) is 44.1 Å². The van der Waals surface area contributed by atoms with Crippen LogP contribution in [0.25, 0.3) is 0 Å². The number of carbonyl (C=O) groups is 2. The van der Waals surface area contributed by atoms with Crippen LogP contribution in [0.15, 0.2) is 29.2 Å². The van der Waals surface area contributed by atoms with Gasteiger partial charge in [0, 0.05) is 25.6 Å². The third-order valence-corrected chi connectivity index (χ3v) is 5.95. The average Bonchev–Trinajstić information content (AvgIpc) is 2.67. The van der Waals surface area contributed by atoms with Gasteiger partial charge in [-0.1, -0.05) is 31.4 Å². The Morgan fingerprint density at radius 3 is 2.56 bits per heavy atom. The summed E-state index contributed by atoms with van der Waals surface area (Å²) in [5.74, 6) is -0.0489. The highest BCUT2D eigenvalue weighted by Crippen LogP contribution is 2.17. The first-order chi connectivity index (χ1) is 12.9. The number of carbonyl (C=O) groups excluding carboxylic acids is 2. The lowest BCUT2D eigenvalue weighted by molar-refractivity contribution is -0.121. The molecule has 1 aliphatic carbocycles. The Bertz CT molecular complexity index is 745. The van der Waals surface area contributed by atoms with E-state index in [1.165, 1.54) is 25.6 Å². The molecule has 3 amide bonds. The molecule has 0 radical (unpaired) electrons. The fraction of sp³-hybridized carbons (Fsp3) is 0.556. The second-order valence-corrected chi connectivity index (χ2v) is 8.50. The summed E-state index contributed by atoms with van der Waals surface area (Å²) >= 11 is 0. The Kier molecular flexibility index (Phi) is 8.05. The summed E-state index contributed by atoms with van der Waals surface area (Å²) in [6.07, 6.45) is 5.84. The highest BCUT2D eigenvalue weighted by molar-refractivity contribution is 7.89. The molecule has 0 unspecified atom stereocenters. The molecule has 0 aromatic heterocycles. The molecule has 8 nitrogen and oxygen atoms in total. The summed E-state index contributed by atoms with van der Waals surface area (Å²) in [6.45, 7) is 0.436. The zero-order valence-electron chi connectivity index (χ0n) is 15.6. The first-order valence-electron chi connectivity index (χ1n) is 9.24. The standard InChI is InChI=1S/C18H28N4O4S/c1-19-27(25,26)16-9-5-6-14(12-16)13-21-18(24)20-11-10-17(23)22-15-7-3-2-4-8-15/h5-6,9,12,15,19H,2-4,7-8,10-11,13H2,1H3,(H,22,23)(H2,20,21,24). The maximum atomic E-state index is 11.9. The molecule has 150 valence electrons. The van der Waals surface area contributed by atoms with Crippen molar-refractivity contribution in [2.45, 2.75) is 56.0 Å². The maximum absolute atomic E-state index is 11.9. The molecule has 0 saturated heterocycles. The summed E-state index contributed by atoms with van der Waals surface area (Å²) < 4.78 is 25.8. The Labute approximate surface area is 160 Å². The predicted molar refractivity (Wildman–Crippen MR) is 103 cm³/mol. The number of nitrogens with one attached hydrogen (secondary N) is 4. The molecular formula is C18H28N4O4S. The van der Waals surface area contributed by atoms with E-state index in [4.69, 9.17) is 0 Å². The van der Waals surface area contributed by atoms with E-state index < -0.39 is 16.1 Å². The molecule has 4 N–H and O–H groups in total. The average molecular weight is 397 g/mol. The van der Waals surface area contributed by atoms with Gasteiger partial charge in [0.05, 0.1) is 4.90 Å². The highest BCUT2D eigenvalue weighted by atomic mass is 32.2. The Morgan fingerprint density at radius 2 is 1.85 bits per heavy atom. The van der Waals surface area contributed by atoms with E-state index in [0.717, 1.165) is 25.7 Å². The van der Waals surface area contributed by atoms with Crippen molar-refractivity contribution in [3.8, 4) is 0 Å². The predicted octanol–water partition coefficient (Wildman–Crippen LogP) is 1.23. The maximum Gasteiger partial charge on any atom is 0.315 e. The topological polar surface area (TPSA) is 116 Å². The number of sulfonamides is 1. The lowest BCUT2D eigenvalue weighted by Crippen LogP contribution is -2.40. The van der Waals surface area contributed by atoms with Crippen molar-refractivity contribution in [1.29, 1.82) is 0 Å². The van der Waals surface area contributed by atoms with Crippen LogP contribution in [0.4, 0.5) is 4.79 Å². The summed E-state index contributed by atoms with van der Waals surface area (Å²) in [5.41, 5.74) is 0.663. The van der Waals surface area contributed by atoms with Gasteiger partial charge in [0.15, 0.2) is 0 Å². The summed E-state index contributed by atoms with van der Waals surface area (Å²) in [4.78, 5) is 23.9. The molecule has 1 fully saturated rings. The molecule has 27 heavy (non-hydrogen) atoms. The van der Waals surface area contributed by atoms with Crippen molar-refractivity contribution in [3.05, 3.63) is 29.8 Å². The number of hydrogen-bond donors (Lipinski definition) is 4. The molecule has 1 aromatic rings. The summed E-state index contributed by atoms with van der Waals surface area (Å²) in [5, 5.41) is 8.29. The van der Waals surface area contributed by atoms with Crippen molar-refractivity contribution in [3.63, 3.8) is 0 Å². The highest BCUT2D eigenvalue weighted by Gasteiger charge is 2.15. The van der Waals surface area contributed by atoms with Gasteiger partial charge in [0.25, 0.3) is 0 Å². The van der Waals surface area contributed by atoms with Gasteiger partial charge in [0.2, 0.25) is 15.9 Å². The van der Waals surface area contributed by atoms with Gasteiger partial charge in [-0.2, -0.15) is 0 Å². The van der Waals surface area contributed by atoms with E-state index in [9.17, 15) is 18.0 Å². The minimum atomic E-state index is -3.52. The van der Waals surface area contributed by atoms with Gasteiger partial charge in [-0.15, -0.1) is 0 Å². The van der Waals surface area contributed by atoms with Crippen molar-refractivity contribution in [2.75, 3.05) is 13.6 Å². The fourth-order valence-corrected chi connectivity index (χ4v) is 3.82. The zero-order valence-corrected chi connectivity index (χ0v) is 16.4. The number of benzene rings is 1. The van der Waals surface area contributed by atoms with Crippen molar-refractivity contribution in [2.24, 2.45) is 0 Å². The van der Waals surface area contributed by atoms with Crippen LogP contribution in [0, 0.1) is 0 Å². The third kappa shape index (κ3) is 7.18. The Morgan fingerprint density at radius 1 is 1.11 bits per heavy atom. The second kappa shape index (κ2) is 10.3. The molecule has 2 rings (SSSR count). The van der Waals surface area contributed by atoms with Crippen LogP contribution in [0.3, 0.4) is 0 Å². The van der Waals surface area contributed by atoms with Gasteiger partial charge in [-0.3, -0.25) is 4.79 Å². The molecule has 1 aliphatic rings. The van der Waals surface area contributed by atoms with Crippen LogP contribution in [-0.2, 0) is 21.4 Å². The van der Waals surface area contributed by atoms with E-state index in [1.807, 2.05) is 0 Å². The molecule has 0 heterocycles. The minimum Gasteiger partial charge on any atom is -0.353 e. The van der Waals surface area contributed by atoms with Crippen molar-refractivity contribution >= 4 is 22.0 Å². The number of urea groups is 1. The van der Waals surface area contributed by atoms with E-state index in [2.05, 4.69) is 20.7 Å². The van der Waals surface area contributed by atoms with E-state index in [1.54, 1.807) is 12.1 Å². The van der Waals surface area contributed by atoms with Crippen LogP contribution in [0.2, 0.25) is 0 Å². The first kappa shape index (κ1) is 21.2. The lowest BCUT2D eigenvalue weighted by Gasteiger charge is -2.22. The van der Waals surface area contributed by atoms with Gasteiger partial charge >= 0.3 is 6.03 Å². The largest absolute Gasteiger partial charge is 0.353 e. The van der Waals surface area contributed by atoms with Crippen LogP contribution in [0.5, 0.6) is 0 Å². The van der Waals surface area contributed by atoms with E-state index in [-0.39, 0.29) is 36.4 Å². The summed E-state index contributed by atoms with van der Waals surface area (Å²) in [6, 6.07) is 6.20. The van der Waals surface area contributed by atoms with Crippen molar-refractivity contribution < 1.29 is 18.0 Å². The van der Waals surface area contributed by atoms with Gasteiger partial charge in [-0.25, -0.2) is 17.9 Å². The monoisotopic (exact) mass is 396 g/mol. The van der Waals surface area contributed by atoms with Gasteiger partial charge in [0.1, 0.15) is 0 Å². The molecule has 1 aromatic carbocycles. The van der Waals surface area contributed by atoms with Crippen LogP contribution < -0.4 is 20.7 Å². The summed E-state index contributed by atoms with van der Waals surface area (Å²) in [7, 11) is -2.17. The van der Waals surface area contributed by atoms with E-state index >= 15 is 0 Å². The van der Waals surface area contributed by atoms with Crippen LogP contribution in [-0.4, -0.2) is 40.0 Å². The Balaban J connectivity index is 1.69. The quantitative estimate of drug-likeness (QED) is 0.529. The number of hydrogen-bond acceptors (Lipinski definition) is 4. The molecule has 0 atom stereocenters. The molecular weight excluding hydrogens is 368 g/mol. The smallest absolute Gasteiger partial charge is 0.315 e. The fourth-order valence-electron chi connectivity index (χ4n) is 3.02. The molecule has 0 spiro atoms. The van der Waals surface area contributed by atoms with Crippen molar-refractivity contribution in [1.82, 2.24) is 20.7 Å². The lowest BCUT2D eigenvalue weighted by atomic mass is 9.95. The molecule has 0 aliphatic heterocycles. The van der Waals surface area contributed by atoms with E-state index in [0.29, 0.717) is 5.56 Å². The second-order valence-electron chi connectivity index (χ2n) is 6.62. The van der Waals surface area contributed by atoms with Gasteiger partial charge in [-0.05, 0) is 37.6 Å². The molecule has 9 heteroatoms. The van der Waals surface area contributed by atoms with Gasteiger partial charge < -0.3 is 16.0 Å². The Hall–Kier alpha value is -2.13. The first-order valence-corrected chi connectivity index (χ1v) is 10.7. The zero-order chi connectivity index (χ0) is 19.7. The number of rotatable bonds is 8. The molecule has 1 saturated carbocycles. The normalized spacial score (nSPS) is 15.1.